The summed E-state index contributed by atoms with van der Waals surface area (Å²) >= 11 is 5.79. The molecule has 1 aromatic rings. The molecule has 0 spiro atoms. The summed E-state index contributed by atoms with van der Waals surface area (Å²) in [5.41, 5.74) is -0.740. The summed E-state index contributed by atoms with van der Waals surface area (Å²) in [7, 11) is 3.75. The summed E-state index contributed by atoms with van der Waals surface area (Å²) < 4.78 is 37.0. The van der Waals surface area contributed by atoms with Crippen molar-refractivity contribution in [1.82, 2.24) is 14.7 Å². The van der Waals surface area contributed by atoms with Crippen molar-refractivity contribution < 1.29 is 13.2 Å². The lowest BCUT2D eigenvalue weighted by Gasteiger charge is -2.20. The van der Waals surface area contributed by atoms with E-state index in [2.05, 4.69) is 10.4 Å². The Morgan fingerprint density at radius 1 is 1.50 bits per heavy atom. The maximum absolute atomic E-state index is 12.2. The molecule has 1 unspecified atom stereocenters. The molecule has 114 valence electrons. The minimum atomic E-state index is -4.52. The van der Waals surface area contributed by atoms with Crippen molar-refractivity contribution in [3.05, 3.63) is 21.6 Å². The molecule has 0 fully saturated rings. The van der Waals surface area contributed by atoms with Gasteiger partial charge in [0.1, 0.15) is 11.6 Å². The second-order valence-electron chi connectivity index (χ2n) is 4.76. The number of likely N-dealkylation sites (N-methyl/N-ethyl adjacent to an activating group) is 1. The van der Waals surface area contributed by atoms with Crippen LogP contribution in [-0.4, -0.2) is 47.5 Å². The number of alkyl halides is 3. The van der Waals surface area contributed by atoms with Crippen LogP contribution in [0.3, 0.4) is 0 Å². The largest absolute Gasteiger partial charge is 0.408 e. The molecule has 1 rings (SSSR count). The zero-order valence-corrected chi connectivity index (χ0v) is 12.1. The highest BCUT2D eigenvalue weighted by atomic mass is 35.5. The normalized spacial score (nSPS) is 13.6. The van der Waals surface area contributed by atoms with Crippen molar-refractivity contribution in [3.8, 4) is 0 Å². The van der Waals surface area contributed by atoms with Gasteiger partial charge in [-0.3, -0.25) is 4.79 Å². The van der Waals surface area contributed by atoms with E-state index in [0.29, 0.717) is 11.2 Å². The molecule has 1 aromatic heterocycles. The van der Waals surface area contributed by atoms with Crippen LogP contribution < -0.4 is 10.9 Å². The molecule has 0 radical (unpaired) electrons. The molecule has 1 N–H and O–H groups in total. The third-order valence-corrected chi connectivity index (χ3v) is 2.72. The Labute approximate surface area is 119 Å². The van der Waals surface area contributed by atoms with E-state index in [1.807, 2.05) is 25.9 Å². The highest BCUT2D eigenvalue weighted by molar-refractivity contribution is 6.32. The number of rotatable bonds is 5. The van der Waals surface area contributed by atoms with Gasteiger partial charge in [-0.05, 0) is 21.0 Å². The van der Waals surface area contributed by atoms with E-state index in [1.54, 1.807) is 0 Å². The van der Waals surface area contributed by atoms with Gasteiger partial charge in [0.25, 0.3) is 5.56 Å². The van der Waals surface area contributed by atoms with Crippen molar-refractivity contribution in [1.29, 1.82) is 0 Å². The predicted octanol–water partition coefficient (Wildman–Crippen LogP) is 1.82. The van der Waals surface area contributed by atoms with E-state index in [-0.39, 0.29) is 16.8 Å². The van der Waals surface area contributed by atoms with Crippen LogP contribution in [0.4, 0.5) is 18.9 Å². The summed E-state index contributed by atoms with van der Waals surface area (Å²) in [5, 5.41) is 6.13. The summed E-state index contributed by atoms with van der Waals surface area (Å²) in [5.74, 6) is 0. The van der Waals surface area contributed by atoms with Crippen molar-refractivity contribution in [3.63, 3.8) is 0 Å². The Morgan fingerprint density at radius 2 is 2.10 bits per heavy atom. The molecular formula is C11H16ClF3N4O. The molecule has 0 aliphatic heterocycles. The highest BCUT2D eigenvalue weighted by Gasteiger charge is 2.29. The van der Waals surface area contributed by atoms with E-state index >= 15 is 0 Å². The SMILES string of the molecule is CC(CN(C)C)Nc1cnn(CC(F)(F)F)c(=O)c1Cl. The van der Waals surface area contributed by atoms with E-state index < -0.39 is 18.3 Å². The zero-order valence-electron chi connectivity index (χ0n) is 11.3. The number of nitrogens with zero attached hydrogens (tertiary/aromatic N) is 3. The minimum Gasteiger partial charge on any atom is -0.379 e. The van der Waals surface area contributed by atoms with Crippen LogP contribution in [0.1, 0.15) is 6.92 Å². The fraction of sp³-hybridized carbons (Fsp3) is 0.636. The predicted molar refractivity (Wildman–Crippen MR) is 71.2 cm³/mol. The van der Waals surface area contributed by atoms with Gasteiger partial charge >= 0.3 is 6.18 Å². The number of hydrogen-bond acceptors (Lipinski definition) is 4. The molecule has 1 heterocycles. The van der Waals surface area contributed by atoms with Gasteiger partial charge in [0.2, 0.25) is 0 Å². The van der Waals surface area contributed by atoms with Crippen LogP contribution in [0.5, 0.6) is 0 Å². The van der Waals surface area contributed by atoms with Gasteiger partial charge in [-0.15, -0.1) is 0 Å². The Bertz CT molecular complexity index is 515. The first-order chi connectivity index (χ1) is 9.10. The van der Waals surface area contributed by atoms with E-state index in [4.69, 9.17) is 11.6 Å². The molecule has 9 heteroatoms. The van der Waals surface area contributed by atoms with E-state index in [0.717, 1.165) is 6.20 Å². The number of hydrogen-bond donors (Lipinski definition) is 1. The maximum Gasteiger partial charge on any atom is 0.408 e. The number of halogens is 4. The zero-order chi connectivity index (χ0) is 15.5. The van der Waals surface area contributed by atoms with Gasteiger partial charge in [0, 0.05) is 12.6 Å². The third kappa shape index (κ3) is 5.01. The summed E-state index contributed by atoms with van der Waals surface area (Å²) in [6.07, 6.45) is -3.39. The first-order valence-corrected chi connectivity index (χ1v) is 6.21. The van der Waals surface area contributed by atoms with Crippen molar-refractivity contribution in [2.45, 2.75) is 25.7 Å². The summed E-state index contributed by atoms with van der Waals surface area (Å²) in [4.78, 5) is 13.6. The van der Waals surface area contributed by atoms with E-state index in [9.17, 15) is 18.0 Å². The first kappa shape index (κ1) is 16.8. The van der Waals surface area contributed by atoms with Gasteiger partial charge < -0.3 is 10.2 Å². The standard InChI is InChI=1S/C11H16ClF3N4O/c1-7(5-18(2)3)17-8-4-16-19(6-11(13,14)15)10(20)9(8)12/h4,7,17H,5-6H2,1-3H3. The van der Waals surface area contributed by atoms with Gasteiger partial charge in [0.15, 0.2) is 0 Å². The smallest absolute Gasteiger partial charge is 0.379 e. The molecule has 20 heavy (non-hydrogen) atoms. The Morgan fingerprint density at radius 3 is 2.60 bits per heavy atom. The fourth-order valence-corrected chi connectivity index (χ4v) is 1.91. The first-order valence-electron chi connectivity index (χ1n) is 5.84. The summed E-state index contributed by atoms with van der Waals surface area (Å²) in [6, 6.07) is -0.0397. The van der Waals surface area contributed by atoms with Crippen molar-refractivity contribution in [2.75, 3.05) is 26.0 Å². The van der Waals surface area contributed by atoms with Crippen LogP contribution in [-0.2, 0) is 6.54 Å². The topological polar surface area (TPSA) is 50.2 Å². The molecule has 0 aromatic carbocycles. The molecule has 1 atom stereocenters. The molecule has 0 saturated carbocycles. The van der Waals surface area contributed by atoms with Crippen molar-refractivity contribution in [2.24, 2.45) is 0 Å². The van der Waals surface area contributed by atoms with Crippen LogP contribution >= 0.6 is 11.6 Å². The quantitative estimate of drug-likeness (QED) is 0.901. The van der Waals surface area contributed by atoms with Gasteiger partial charge in [-0.2, -0.15) is 18.3 Å². The van der Waals surface area contributed by atoms with Crippen molar-refractivity contribution >= 4 is 17.3 Å². The second kappa shape index (κ2) is 6.45. The average Bonchev–Trinajstić information content (AvgIpc) is 2.26. The molecule has 0 aliphatic carbocycles. The highest BCUT2D eigenvalue weighted by Crippen LogP contribution is 2.19. The van der Waals surface area contributed by atoms with Crippen LogP contribution in [0.15, 0.2) is 11.0 Å². The Balaban J connectivity index is 2.92. The molecule has 0 amide bonds. The monoisotopic (exact) mass is 312 g/mol. The van der Waals surface area contributed by atoms with Gasteiger partial charge in [0.05, 0.1) is 11.9 Å². The fourth-order valence-electron chi connectivity index (χ4n) is 1.71. The molecule has 0 aliphatic rings. The lowest BCUT2D eigenvalue weighted by molar-refractivity contribution is -0.143. The maximum atomic E-state index is 12.2. The van der Waals surface area contributed by atoms with Gasteiger partial charge in [-0.25, -0.2) is 4.68 Å². The second-order valence-corrected chi connectivity index (χ2v) is 5.14. The number of aromatic nitrogens is 2. The molecular weight excluding hydrogens is 297 g/mol. The van der Waals surface area contributed by atoms with Gasteiger partial charge in [-0.1, -0.05) is 11.6 Å². The lowest BCUT2D eigenvalue weighted by atomic mass is 10.3. The number of nitrogens with one attached hydrogen (secondary N) is 1. The van der Waals surface area contributed by atoms with Crippen LogP contribution in [0.2, 0.25) is 5.02 Å². The minimum absolute atomic E-state index is 0.0397. The Hall–Kier alpha value is -1.28. The molecule has 0 bridgehead atoms. The van der Waals surface area contributed by atoms with E-state index in [1.165, 1.54) is 0 Å². The summed E-state index contributed by atoms with van der Waals surface area (Å²) in [6.45, 7) is 1.07. The van der Waals surface area contributed by atoms with Crippen LogP contribution in [0.25, 0.3) is 0 Å². The molecule has 5 nitrogen and oxygen atoms in total. The Kier molecular flexibility index (Phi) is 5.41. The average molecular weight is 313 g/mol. The molecule has 0 saturated heterocycles. The lowest BCUT2D eigenvalue weighted by Crippen LogP contribution is -2.33. The number of anilines is 1. The third-order valence-electron chi connectivity index (χ3n) is 2.35. The van der Waals surface area contributed by atoms with Crippen LogP contribution in [0, 0.1) is 0 Å².